The van der Waals surface area contributed by atoms with E-state index >= 15 is 0 Å². The molecule has 68 valence electrons. The van der Waals surface area contributed by atoms with Crippen molar-refractivity contribution in [1.29, 1.82) is 0 Å². The lowest BCUT2D eigenvalue weighted by molar-refractivity contribution is 0.320. The summed E-state index contributed by atoms with van der Waals surface area (Å²) in [6, 6.07) is 3.69. The summed E-state index contributed by atoms with van der Waals surface area (Å²) in [4.78, 5) is 8.32. The van der Waals surface area contributed by atoms with E-state index in [0.29, 0.717) is 5.88 Å². The van der Waals surface area contributed by atoms with Crippen molar-refractivity contribution >= 4 is 0 Å². The molecule has 3 nitrogen and oxygen atoms in total. The second kappa shape index (κ2) is 6.61. The maximum absolute atomic E-state index is 4.88. The topological polar surface area (TPSA) is 48.1 Å². The van der Waals surface area contributed by atoms with Crippen LogP contribution in [0.2, 0.25) is 0 Å². The highest BCUT2D eigenvalue weighted by Crippen LogP contribution is 2.05. The zero-order valence-corrected chi connectivity index (χ0v) is 7.87. The molecule has 0 aliphatic heterocycles. The summed E-state index contributed by atoms with van der Waals surface area (Å²) in [5.74, 6) is 5.33. The first-order chi connectivity index (χ1) is 5.86. The molecule has 0 spiro atoms. The molecule has 3 heteroatoms. The summed E-state index contributed by atoms with van der Waals surface area (Å²) >= 11 is 0. The zero-order valence-electron chi connectivity index (χ0n) is 7.87. The molecule has 0 aromatic carbocycles. The minimum Gasteiger partial charge on any atom is -0.391 e. The van der Waals surface area contributed by atoms with Gasteiger partial charge in [-0.2, -0.15) is 5.90 Å². The molecule has 1 rings (SSSR count). The lowest BCUT2D eigenvalue weighted by Gasteiger charge is -1.97. The first-order valence-corrected chi connectivity index (χ1v) is 4.18. The van der Waals surface area contributed by atoms with Crippen molar-refractivity contribution in [3.05, 3.63) is 23.9 Å². The van der Waals surface area contributed by atoms with Crippen LogP contribution in [0.25, 0.3) is 0 Å². The van der Waals surface area contributed by atoms with E-state index in [-0.39, 0.29) is 0 Å². The van der Waals surface area contributed by atoms with Gasteiger partial charge in [0.25, 0.3) is 0 Å². The Kier molecular flexibility index (Phi) is 6.01. The number of hydrogen-bond donors (Lipinski definition) is 1. The number of aryl methyl sites for hydroxylation is 1. The van der Waals surface area contributed by atoms with Crippen LogP contribution in [0.15, 0.2) is 18.3 Å². The maximum atomic E-state index is 4.88. The average molecular weight is 168 g/mol. The van der Waals surface area contributed by atoms with Gasteiger partial charge in [0.15, 0.2) is 0 Å². The molecule has 1 aromatic heterocycles. The molecule has 0 radical (unpaired) electrons. The van der Waals surface area contributed by atoms with Crippen LogP contribution in [-0.4, -0.2) is 4.98 Å². The Morgan fingerprint density at radius 3 is 2.42 bits per heavy atom. The molecule has 0 aliphatic rings. The highest BCUT2D eigenvalue weighted by atomic mass is 16.6. The lowest BCUT2D eigenvalue weighted by Crippen LogP contribution is -2.03. The van der Waals surface area contributed by atoms with Crippen molar-refractivity contribution < 1.29 is 4.84 Å². The Labute approximate surface area is 73.5 Å². The van der Waals surface area contributed by atoms with Gasteiger partial charge in [0, 0.05) is 12.3 Å². The number of nitrogens with zero attached hydrogens (tertiary/aromatic N) is 1. The van der Waals surface area contributed by atoms with Gasteiger partial charge < -0.3 is 4.84 Å². The highest BCUT2D eigenvalue weighted by Gasteiger charge is 1.91. The maximum Gasteiger partial charge on any atom is 0.237 e. The fraction of sp³-hybridized carbons (Fsp3) is 0.444. The fourth-order valence-electron chi connectivity index (χ4n) is 0.690. The molecule has 0 atom stereocenters. The molecule has 0 unspecified atom stereocenters. The molecule has 2 N–H and O–H groups in total. The van der Waals surface area contributed by atoms with Gasteiger partial charge >= 0.3 is 0 Å². The molecular formula is C9H16N2O. The summed E-state index contributed by atoms with van der Waals surface area (Å²) in [5.41, 5.74) is 1.18. The van der Waals surface area contributed by atoms with Gasteiger partial charge in [-0.05, 0) is 12.0 Å². The summed E-state index contributed by atoms with van der Waals surface area (Å²) in [7, 11) is 0. The molecule has 0 bridgehead atoms. The van der Waals surface area contributed by atoms with E-state index in [1.54, 1.807) is 12.3 Å². The van der Waals surface area contributed by atoms with E-state index in [0.717, 1.165) is 6.42 Å². The van der Waals surface area contributed by atoms with Crippen molar-refractivity contribution in [2.75, 3.05) is 0 Å². The average Bonchev–Trinajstić information content (AvgIpc) is 2.21. The fourth-order valence-corrected chi connectivity index (χ4v) is 0.690. The first-order valence-electron chi connectivity index (χ1n) is 4.18. The molecule has 1 heterocycles. The van der Waals surface area contributed by atoms with Crippen LogP contribution in [0.3, 0.4) is 0 Å². The van der Waals surface area contributed by atoms with Gasteiger partial charge in [0.2, 0.25) is 5.88 Å². The lowest BCUT2D eigenvalue weighted by atomic mass is 10.2. The van der Waals surface area contributed by atoms with Crippen molar-refractivity contribution in [2.24, 2.45) is 5.90 Å². The second-order valence-electron chi connectivity index (χ2n) is 1.98. The SMILES string of the molecule is CC.CCc1ccc(ON)nc1. The predicted octanol–water partition coefficient (Wildman–Crippen LogP) is 1.92. The van der Waals surface area contributed by atoms with Crippen LogP contribution in [0.4, 0.5) is 0 Å². The quantitative estimate of drug-likeness (QED) is 0.686. The Balaban J connectivity index is 0.000000561. The zero-order chi connectivity index (χ0) is 9.40. The van der Waals surface area contributed by atoms with Crippen molar-refractivity contribution in [3.63, 3.8) is 0 Å². The van der Waals surface area contributed by atoms with E-state index in [9.17, 15) is 0 Å². The van der Waals surface area contributed by atoms with Gasteiger partial charge in [-0.1, -0.05) is 26.8 Å². The van der Waals surface area contributed by atoms with E-state index in [1.807, 2.05) is 19.9 Å². The van der Waals surface area contributed by atoms with Gasteiger partial charge in [0.05, 0.1) is 0 Å². The van der Waals surface area contributed by atoms with E-state index < -0.39 is 0 Å². The number of aromatic nitrogens is 1. The van der Waals surface area contributed by atoms with Crippen LogP contribution < -0.4 is 10.7 Å². The van der Waals surface area contributed by atoms with Crippen molar-refractivity contribution in [1.82, 2.24) is 4.98 Å². The Morgan fingerprint density at radius 2 is 2.08 bits per heavy atom. The standard InChI is InChI=1S/C7H10N2O.C2H6/c1-2-6-3-4-7(10-8)9-5-6;1-2/h3-5H,2,8H2,1H3;1-2H3. The third-order valence-electron chi connectivity index (χ3n) is 1.33. The Bertz CT molecular complexity index is 173. The van der Waals surface area contributed by atoms with E-state index in [4.69, 9.17) is 5.90 Å². The molecule has 1 aromatic rings. The van der Waals surface area contributed by atoms with Crippen molar-refractivity contribution in [2.45, 2.75) is 27.2 Å². The van der Waals surface area contributed by atoms with Gasteiger partial charge in [-0.3, -0.25) is 0 Å². The Morgan fingerprint density at radius 1 is 1.42 bits per heavy atom. The third-order valence-corrected chi connectivity index (χ3v) is 1.33. The minimum atomic E-state index is 0.456. The normalized spacial score (nSPS) is 8.33. The van der Waals surface area contributed by atoms with Crippen LogP contribution >= 0.6 is 0 Å². The molecule has 0 aliphatic carbocycles. The number of pyridine rings is 1. The highest BCUT2D eigenvalue weighted by molar-refractivity contribution is 5.17. The largest absolute Gasteiger partial charge is 0.391 e. The number of nitrogens with two attached hydrogens (primary N) is 1. The minimum absolute atomic E-state index is 0.456. The molecule has 0 fully saturated rings. The van der Waals surface area contributed by atoms with E-state index in [2.05, 4.69) is 16.7 Å². The van der Waals surface area contributed by atoms with Crippen molar-refractivity contribution in [3.8, 4) is 5.88 Å². The Hall–Kier alpha value is -1.09. The molecular weight excluding hydrogens is 152 g/mol. The monoisotopic (exact) mass is 168 g/mol. The van der Waals surface area contributed by atoms with Crippen LogP contribution in [0, 0.1) is 0 Å². The molecule has 0 amide bonds. The summed E-state index contributed by atoms with van der Waals surface area (Å²) in [6.45, 7) is 6.07. The summed E-state index contributed by atoms with van der Waals surface area (Å²) < 4.78 is 0. The summed E-state index contributed by atoms with van der Waals surface area (Å²) in [6.07, 6.45) is 2.74. The predicted molar refractivity (Wildman–Crippen MR) is 49.8 cm³/mol. The number of hydrogen-bond acceptors (Lipinski definition) is 3. The second-order valence-corrected chi connectivity index (χ2v) is 1.98. The smallest absolute Gasteiger partial charge is 0.237 e. The first kappa shape index (κ1) is 10.9. The third kappa shape index (κ3) is 3.34. The van der Waals surface area contributed by atoms with Gasteiger partial charge in [0.1, 0.15) is 0 Å². The summed E-state index contributed by atoms with van der Waals surface area (Å²) in [5, 5.41) is 0. The van der Waals surface area contributed by atoms with Crippen LogP contribution in [0.5, 0.6) is 5.88 Å². The molecule has 0 saturated carbocycles. The molecule has 12 heavy (non-hydrogen) atoms. The van der Waals surface area contributed by atoms with Gasteiger partial charge in [-0.25, -0.2) is 4.98 Å². The van der Waals surface area contributed by atoms with Gasteiger partial charge in [-0.15, -0.1) is 0 Å². The molecule has 0 saturated heterocycles. The van der Waals surface area contributed by atoms with Crippen LogP contribution in [-0.2, 0) is 6.42 Å². The number of rotatable bonds is 2. The van der Waals surface area contributed by atoms with Crippen LogP contribution in [0.1, 0.15) is 26.3 Å². The van der Waals surface area contributed by atoms with E-state index in [1.165, 1.54) is 5.56 Å².